The standard InChI is InChI=1S/C18H17BrFNO3/c1-2-24-18(23)12-7-9-14(10-8-12)21-17(22)15(19)11-13-5-3-4-6-16(13)20/h3-10,15H,2,11H2,1H3,(H,21,22). The van der Waals surface area contributed by atoms with E-state index in [4.69, 9.17) is 4.74 Å². The summed E-state index contributed by atoms with van der Waals surface area (Å²) in [6.45, 7) is 2.04. The second kappa shape index (κ2) is 8.59. The Labute approximate surface area is 148 Å². The predicted octanol–water partition coefficient (Wildman–Crippen LogP) is 3.95. The lowest BCUT2D eigenvalue weighted by atomic mass is 10.1. The van der Waals surface area contributed by atoms with Crippen LogP contribution in [0.4, 0.5) is 10.1 Å². The van der Waals surface area contributed by atoms with Crippen LogP contribution in [-0.4, -0.2) is 23.3 Å². The summed E-state index contributed by atoms with van der Waals surface area (Å²) in [5, 5.41) is 2.72. The molecule has 0 spiro atoms. The molecule has 1 amide bonds. The SMILES string of the molecule is CCOC(=O)c1ccc(NC(=O)C(Br)Cc2ccccc2F)cc1. The molecule has 0 aliphatic heterocycles. The van der Waals surface area contributed by atoms with E-state index in [-0.39, 0.29) is 18.1 Å². The Balaban J connectivity index is 1.96. The molecule has 0 aromatic heterocycles. The number of amides is 1. The molecule has 4 nitrogen and oxygen atoms in total. The van der Waals surface area contributed by atoms with Gasteiger partial charge >= 0.3 is 5.97 Å². The van der Waals surface area contributed by atoms with Crippen LogP contribution in [0.3, 0.4) is 0 Å². The van der Waals surface area contributed by atoms with Gasteiger partial charge in [-0.15, -0.1) is 0 Å². The first-order chi connectivity index (χ1) is 11.5. The number of benzene rings is 2. The summed E-state index contributed by atoms with van der Waals surface area (Å²) in [4.78, 5) is 23.2. The third-order valence-electron chi connectivity index (χ3n) is 3.31. The second-order valence-electron chi connectivity index (χ2n) is 5.05. The Bertz CT molecular complexity index is 718. The lowest BCUT2D eigenvalue weighted by Crippen LogP contribution is -2.25. The van der Waals surface area contributed by atoms with E-state index in [1.807, 2.05) is 0 Å². The van der Waals surface area contributed by atoms with Gasteiger partial charge in [-0.25, -0.2) is 9.18 Å². The molecule has 2 aromatic carbocycles. The van der Waals surface area contributed by atoms with Crippen molar-refractivity contribution in [1.82, 2.24) is 0 Å². The number of hydrogen-bond acceptors (Lipinski definition) is 3. The Hall–Kier alpha value is -2.21. The minimum Gasteiger partial charge on any atom is -0.462 e. The van der Waals surface area contributed by atoms with E-state index in [9.17, 15) is 14.0 Å². The maximum absolute atomic E-state index is 13.6. The van der Waals surface area contributed by atoms with E-state index in [0.29, 0.717) is 23.4 Å². The van der Waals surface area contributed by atoms with Crippen molar-refractivity contribution in [3.8, 4) is 0 Å². The number of anilines is 1. The highest BCUT2D eigenvalue weighted by Gasteiger charge is 2.17. The minimum absolute atomic E-state index is 0.236. The van der Waals surface area contributed by atoms with E-state index < -0.39 is 10.8 Å². The Kier molecular flexibility index (Phi) is 6.49. The molecule has 0 aliphatic carbocycles. The van der Waals surface area contributed by atoms with Crippen LogP contribution in [0.2, 0.25) is 0 Å². The number of alkyl halides is 1. The Morgan fingerprint density at radius 1 is 1.17 bits per heavy atom. The van der Waals surface area contributed by atoms with Gasteiger partial charge in [0.15, 0.2) is 0 Å². The van der Waals surface area contributed by atoms with Crippen molar-refractivity contribution in [1.29, 1.82) is 0 Å². The van der Waals surface area contributed by atoms with Gasteiger partial charge in [0.2, 0.25) is 5.91 Å². The topological polar surface area (TPSA) is 55.4 Å². The van der Waals surface area contributed by atoms with Gasteiger partial charge in [-0.2, -0.15) is 0 Å². The van der Waals surface area contributed by atoms with Crippen molar-refractivity contribution in [2.24, 2.45) is 0 Å². The van der Waals surface area contributed by atoms with Crippen LogP contribution in [-0.2, 0) is 16.0 Å². The summed E-state index contributed by atoms with van der Waals surface area (Å²) in [6.07, 6.45) is 0.236. The average Bonchev–Trinajstić information content (AvgIpc) is 2.57. The van der Waals surface area contributed by atoms with Crippen molar-refractivity contribution in [2.75, 3.05) is 11.9 Å². The van der Waals surface area contributed by atoms with Gasteiger partial charge < -0.3 is 10.1 Å². The normalized spacial score (nSPS) is 11.6. The molecule has 24 heavy (non-hydrogen) atoms. The largest absolute Gasteiger partial charge is 0.462 e. The van der Waals surface area contributed by atoms with Crippen molar-refractivity contribution in [2.45, 2.75) is 18.2 Å². The molecule has 0 heterocycles. The van der Waals surface area contributed by atoms with Crippen LogP contribution < -0.4 is 5.32 Å². The Morgan fingerprint density at radius 3 is 2.46 bits per heavy atom. The molecule has 0 bridgehead atoms. The lowest BCUT2D eigenvalue weighted by molar-refractivity contribution is -0.115. The molecule has 6 heteroatoms. The van der Waals surface area contributed by atoms with Crippen LogP contribution in [0, 0.1) is 5.82 Å². The van der Waals surface area contributed by atoms with Crippen LogP contribution in [0.1, 0.15) is 22.8 Å². The quantitative estimate of drug-likeness (QED) is 0.597. The number of ether oxygens (including phenoxy) is 1. The third-order valence-corrected chi connectivity index (χ3v) is 4.04. The number of carbonyl (C=O) groups excluding carboxylic acids is 2. The van der Waals surface area contributed by atoms with Crippen molar-refractivity contribution < 1.29 is 18.7 Å². The fraction of sp³-hybridized carbons (Fsp3) is 0.222. The van der Waals surface area contributed by atoms with Crippen LogP contribution in [0.5, 0.6) is 0 Å². The highest BCUT2D eigenvalue weighted by atomic mass is 79.9. The van der Waals surface area contributed by atoms with Crippen molar-refractivity contribution >= 4 is 33.5 Å². The number of rotatable bonds is 6. The van der Waals surface area contributed by atoms with Gasteiger partial charge in [-0.1, -0.05) is 34.1 Å². The number of carbonyl (C=O) groups is 2. The fourth-order valence-corrected chi connectivity index (χ4v) is 2.54. The average molecular weight is 394 g/mol. The highest BCUT2D eigenvalue weighted by molar-refractivity contribution is 9.10. The first kappa shape index (κ1) is 18.1. The van der Waals surface area contributed by atoms with Gasteiger partial charge in [0.05, 0.1) is 17.0 Å². The molecular formula is C18H17BrFNO3. The van der Waals surface area contributed by atoms with E-state index in [0.717, 1.165) is 0 Å². The molecule has 126 valence electrons. The first-order valence-electron chi connectivity index (χ1n) is 7.46. The number of hydrogen-bond donors (Lipinski definition) is 1. The van der Waals surface area contributed by atoms with E-state index >= 15 is 0 Å². The van der Waals surface area contributed by atoms with Crippen molar-refractivity contribution in [3.05, 3.63) is 65.5 Å². The summed E-state index contributed by atoms with van der Waals surface area (Å²) in [6, 6.07) is 12.7. The number of esters is 1. The number of halogens is 2. The summed E-state index contributed by atoms with van der Waals surface area (Å²) in [7, 11) is 0. The van der Waals surface area contributed by atoms with Crippen LogP contribution in [0.15, 0.2) is 48.5 Å². The van der Waals surface area contributed by atoms with E-state index in [1.165, 1.54) is 6.07 Å². The third kappa shape index (κ3) is 4.89. The molecule has 0 fully saturated rings. The molecular weight excluding hydrogens is 377 g/mol. The predicted molar refractivity (Wildman–Crippen MR) is 93.8 cm³/mol. The molecule has 0 aliphatic rings. The zero-order chi connectivity index (χ0) is 17.5. The zero-order valence-corrected chi connectivity index (χ0v) is 14.7. The van der Waals surface area contributed by atoms with Crippen LogP contribution in [0.25, 0.3) is 0 Å². The molecule has 0 saturated carbocycles. The minimum atomic E-state index is -0.570. The molecule has 2 rings (SSSR count). The van der Waals surface area contributed by atoms with E-state index in [2.05, 4.69) is 21.2 Å². The molecule has 1 atom stereocenters. The van der Waals surface area contributed by atoms with Crippen LogP contribution >= 0.6 is 15.9 Å². The van der Waals surface area contributed by atoms with Gasteiger partial charge in [0.1, 0.15) is 5.82 Å². The zero-order valence-electron chi connectivity index (χ0n) is 13.1. The number of nitrogens with one attached hydrogen (secondary N) is 1. The van der Waals surface area contributed by atoms with Gasteiger partial charge in [-0.05, 0) is 49.2 Å². The maximum atomic E-state index is 13.6. The summed E-state index contributed by atoms with van der Waals surface area (Å²) in [5.41, 5.74) is 1.43. The highest BCUT2D eigenvalue weighted by Crippen LogP contribution is 2.17. The van der Waals surface area contributed by atoms with E-state index in [1.54, 1.807) is 49.4 Å². The first-order valence-corrected chi connectivity index (χ1v) is 8.38. The smallest absolute Gasteiger partial charge is 0.338 e. The molecule has 1 unspecified atom stereocenters. The summed E-state index contributed by atoms with van der Waals surface area (Å²) < 4.78 is 18.5. The molecule has 2 aromatic rings. The lowest BCUT2D eigenvalue weighted by Gasteiger charge is -2.12. The van der Waals surface area contributed by atoms with Gasteiger partial charge in [0, 0.05) is 5.69 Å². The second-order valence-corrected chi connectivity index (χ2v) is 6.16. The summed E-state index contributed by atoms with van der Waals surface area (Å²) in [5.74, 6) is -1.04. The fourth-order valence-electron chi connectivity index (χ4n) is 2.07. The maximum Gasteiger partial charge on any atom is 0.338 e. The van der Waals surface area contributed by atoms with Gasteiger partial charge in [-0.3, -0.25) is 4.79 Å². The monoisotopic (exact) mass is 393 g/mol. The Morgan fingerprint density at radius 2 is 1.83 bits per heavy atom. The molecule has 0 saturated heterocycles. The molecule has 0 radical (unpaired) electrons. The summed E-state index contributed by atoms with van der Waals surface area (Å²) >= 11 is 3.28. The van der Waals surface area contributed by atoms with Gasteiger partial charge in [0.25, 0.3) is 0 Å². The van der Waals surface area contributed by atoms with Crippen molar-refractivity contribution in [3.63, 3.8) is 0 Å². The molecule has 1 N–H and O–H groups in total.